The molecule has 0 bridgehead atoms. The Labute approximate surface area is 203 Å². The van der Waals surface area contributed by atoms with E-state index in [0.29, 0.717) is 5.17 Å². The summed E-state index contributed by atoms with van der Waals surface area (Å²) in [6.07, 6.45) is 2.70. The molecule has 1 N–H and O–H groups in total. The molecule has 3 heterocycles. The summed E-state index contributed by atoms with van der Waals surface area (Å²) in [6.45, 7) is 8.27. The molecule has 0 unspecified atom stereocenters. The van der Waals surface area contributed by atoms with Gasteiger partial charge >= 0.3 is 0 Å². The number of aryl methyl sites for hydroxylation is 3. The van der Waals surface area contributed by atoms with E-state index in [2.05, 4.69) is 52.8 Å². The van der Waals surface area contributed by atoms with Crippen molar-refractivity contribution in [2.45, 2.75) is 34.1 Å². The fourth-order valence-corrected chi connectivity index (χ4v) is 5.26. The number of aromatic nitrogens is 1. The maximum absolute atomic E-state index is 12.9. The van der Waals surface area contributed by atoms with E-state index in [1.165, 1.54) is 22.3 Å². The molecule has 0 saturated heterocycles. The highest BCUT2D eigenvalue weighted by molar-refractivity contribution is 8.27. The zero-order valence-corrected chi connectivity index (χ0v) is 20.4. The number of para-hydroxylation sites is 1. The van der Waals surface area contributed by atoms with Crippen LogP contribution in [0.25, 0.3) is 11.8 Å². The van der Waals surface area contributed by atoms with Gasteiger partial charge in [0.2, 0.25) is 5.17 Å². The lowest BCUT2D eigenvalue weighted by Crippen LogP contribution is -2.35. The van der Waals surface area contributed by atoms with E-state index in [4.69, 9.17) is 5.41 Å². The van der Waals surface area contributed by atoms with Crippen molar-refractivity contribution >= 4 is 39.8 Å². The van der Waals surface area contributed by atoms with Crippen LogP contribution in [0.5, 0.6) is 0 Å². The van der Waals surface area contributed by atoms with Crippen molar-refractivity contribution in [2.24, 2.45) is 10.1 Å². The maximum Gasteiger partial charge on any atom is 0.283 e. The van der Waals surface area contributed by atoms with Gasteiger partial charge in [0.1, 0.15) is 5.04 Å². The van der Waals surface area contributed by atoms with Gasteiger partial charge in [-0.25, -0.2) is 0 Å². The van der Waals surface area contributed by atoms with Crippen molar-refractivity contribution in [3.8, 4) is 5.69 Å². The molecule has 0 saturated carbocycles. The van der Waals surface area contributed by atoms with Gasteiger partial charge in [0.25, 0.3) is 5.91 Å². The Morgan fingerprint density at radius 1 is 1.06 bits per heavy atom. The normalized spacial score (nSPS) is 16.7. The first-order valence-electron chi connectivity index (χ1n) is 11.2. The third-order valence-corrected chi connectivity index (χ3v) is 7.06. The number of carbonyl (C=O) groups is 1. The number of carbonyl (C=O) groups excluding carboxylic acids is 1. The van der Waals surface area contributed by atoms with Crippen LogP contribution >= 0.6 is 11.8 Å². The third kappa shape index (κ3) is 3.72. The van der Waals surface area contributed by atoms with E-state index in [9.17, 15) is 4.79 Å². The van der Waals surface area contributed by atoms with Crippen LogP contribution in [0.1, 0.15) is 40.6 Å². The summed E-state index contributed by atoms with van der Waals surface area (Å²) in [5, 5.41) is 16.0. The molecular formula is C27H25N5OS. The molecule has 0 fully saturated rings. The van der Waals surface area contributed by atoms with E-state index in [0.717, 1.165) is 45.2 Å². The lowest BCUT2D eigenvalue weighted by molar-refractivity contribution is -0.114. The smallest absolute Gasteiger partial charge is 0.283 e. The Balaban J connectivity index is 1.53. The second kappa shape index (κ2) is 8.57. The number of aliphatic imine (C=N–C) groups is 1. The Morgan fingerprint density at radius 3 is 2.62 bits per heavy atom. The number of amides is 1. The summed E-state index contributed by atoms with van der Waals surface area (Å²) < 4.78 is 2.20. The molecule has 34 heavy (non-hydrogen) atoms. The van der Waals surface area contributed by atoms with Gasteiger partial charge in [0, 0.05) is 22.6 Å². The number of hydrazone groups is 1. The summed E-state index contributed by atoms with van der Waals surface area (Å²) >= 11 is 1.32. The first kappa shape index (κ1) is 22.1. The second-order valence-electron chi connectivity index (χ2n) is 8.44. The van der Waals surface area contributed by atoms with E-state index in [1.807, 2.05) is 44.2 Å². The fraction of sp³-hybridized carbons (Fsp3) is 0.185. The number of nitrogens with one attached hydrogen (secondary N) is 1. The first-order valence-corrected chi connectivity index (χ1v) is 12.0. The number of fused-ring (bicyclic) bond motifs is 1. The molecular weight excluding hydrogens is 442 g/mol. The summed E-state index contributed by atoms with van der Waals surface area (Å²) in [5.74, 6) is -0.368. The minimum Gasteiger partial charge on any atom is -0.318 e. The molecule has 0 spiro atoms. The van der Waals surface area contributed by atoms with Gasteiger partial charge in [0.05, 0.1) is 5.57 Å². The van der Waals surface area contributed by atoms with Gasteiger partial charge in [0.15, 0.2) is 5.84 Å². The zero-order chi connectivity index (χ0) is 24.0. The SMILES string of the molecule is CCc1ccccc1-n1c(C)cc(/C=C2\C(=N)N3N=C(c4cccc(C)c4)SC3=NC2=O)c1C. The van der Waals surface area contributed by atoms with Crippen molar-refractivity contribution in [1.82, 2.24) is 9.58 Å². The second-order valence-corrected chi connectivity index (χ2v) is 9.39. The molecule has 5 rings (SSSR count). The van der Waals surface area contributed by atoms with Crippen LogP contribution in [-0.2, 0) is 11.2 Å². The number of hydrogen-bond acceptors (Lipinski definition) is 4. The topological polar surface area (TPSA) is 73.8 Å². The third-order valence-electron chi connectivity index (χ3n) is 6.10. The molecule has 170 valence electrons. The highest BCUT2D eigenvalue weighted by atomic mass is 32.2. The largest absolute Gasteiger partial charge is 0.318 e. The number of rotatable bonds is 4. The average molecular weight is 468 g/mol. The Kier molecular flexibility index (Phi) is 5.57. The van der Waals surface area contributed by atoms with Gasteiger partial charge in [-0.05, 0) is 74.4 Å². The highest BCUT2D eigenvalue weighted by Gasteiger charge is 2.36. The Bertz CT molecular complexity index is 1440. The molecule has 2 aliphatic rings. The van der Waals surface area contributed by atoms with Crippen LogP contribution < -0.4 is 0 Å². The van der Waals surface area contributed by atoms with Crippen LogP contribution in [0, 0.1) is 26.2 Å². The van der Waals surface area contributed by atoms with E-state index in [-0.39, 0.29) is 11.4 Å². The number of benzene rings is 2. The molecule has 3 aromatic rings. The van der Waals surface area contributed by atoms with Gasteiger partial charge in [-0.3, -0.25) is 10.2 Å². The summed E-state index contributed by atoms with van der Waals surface area (Å²) in [4.78, 5) is 17.2. The van der Waals surface area contributed by atoms with Crippen molar-refractivity contribution in [3.05, 3.63) is 93.8 Å². The minimum absolute atomic E-state index is 0.0453. The van der Waals surface area contributed by atoms with Gasteiger partial charge in [-0.1, -0.05) is 48.9 Å². The molecule has 0 atom stereocenters. The zero-order valence-electron chi connectivity index (χ0n) is 19.6. The molecule has 2 aromatic carbocycles. The number of thioether (sulfide) groups is 1. The van der Waals surface area contributed by atoms with Crippen LogP contribution in [-0.4, -0.2) is 31.5 Å². The number of amidine groups is 2. The Morgan fingerprint density at radius 2 is 1.85 bits per heavy atom. The first-order chi connectivity index (χ1) is 16.4. The van der Waals surface area contributed by atoms with Crippen molar-refractivity contribution in [2.75, 3.05) is 0 Å². The summed E-state index contributed by atoms with van der Waals surface area (Å²) in [5.41, 5.74) is 7.68. The van der Waals surface area contributed by atoms with E-state index in [1.54, 1.807) is 6.08 Å². The minimum atomic E-state index is -0.414. The highest BCUT2D eigenvalue weighted by Crippen LogP contribution is 2.32. The fourth-order valence-electron chi connectivity index (χ4n) is 4.37. The van der Waals surface area contributed by atoms with Crippen LogP contribution in [0.4, 0.5) is 0 Å². The lowest BCUT2D eigenvalue weighted by Gasteiger charge is -2.20. The summed E-state index contributed by atoms with van der Waals surface area (Å²) in [6, 6.07) is 18.4. The van der Waals surface area contributed by atoms with Crippen LogP contribution in [0.15, 0.2) is 70.3 Å². The van der Waals surface area contributed by atoms with Crippen molar-refractivity contribution in [1.29, 1.82) is 5.41 Å². The molecule has 7 heteroatoms. The Hall–Kier alpha value is -3.71. The van der Waals surface area contributed by atoms with Gasteiger partial charge in [-0.15, -0.1) is 0 Å². The molecule has 1 amide bonds. The van der Waals surface area contributed by atoms with E-state index < -0.39 is 5.91 Å². The molecule has 0 radical (unpaired) electrons. The quantitative estimate of drug-likeness (QED) is 0.505. The van der Waals surface area contributed by atoms with Crippen molar-refractivity contribution in [3.63, 3.8) is 0 Å². The maximum atomic E-state index is 12.9. The molecule has 6 nitrogen and oxygen atoms in total. The van der Waals surface area contributed by atoms with Gasteiger partial charge in [-0.2, -0.15) is 15.1 Å². The number of hydrogen-bond donors (Lipinski definition) is 1. The molecule has 1 aromatic heterocycles. The van der Waals surface area contributed by atoms with Crippen molar-refractivity contribution < 1.29 is 4.79 Å². The standard InChI is InChI=1S/C27H25N5OS/c1-5-19-10-6-7-12-23(19)31-17(3)14-21(18(31)4)15-22-24(28)32-27(29-25(22)33)34-26(30-32)20-11-8-9-16(2)13-20/h6-15,28H,5H2,1-4H3/b22-15+,28-24?. The van der Waals surface area contributed by atoms with Crippen LogP contribution in [0.3, 0.4) is 0 Å². The predicted octanol–water partition coefficient (Wildman–Crippen LogP) is 5.63. The number of nitrogens with zero attached hydrogens (tertiary/aromatic N) is 4. The average Bonchev–Trinajstić information content (AvgIpc) is 3.37. The van der Waals surface area contributed by atoms with E-state index >= 15 is 0 Å². The predicted molar refractivity (Wildman–Crippen MR) is 140 cm³/mol. The van der Waals surface area contributed by atoms with Gasteiger partial charge < -0.3 is 4.57 Å². The molecule has 2 aliphatic heterocycles. The lowest BCUT2D eigenvalue weighted by atomic mass is 10.1. The monoisotopic (exact) mass is 467 g/mol. The summed E-state index contributed by atoms with van der Waals surface area (Å²) in [7, 11) is 0. The molecule has 0 aliphatic carbocycles. The van der Waals surface area contributed by atoms with Crippen LogP contribution in [0.2, 0.25) is 0 Å².